The Morgan fingerprint density at radius 3 is 2.67 bits per heavy atom. The molecule has 0 saturated heterocycles. The minimum atomic E-state index is -0.504. The fourth-order valence-corrected chi connectivity index (χ4v) is 2.05. The molecule has 3 N–H and O–H groups in total. The van der Waals surface area contributed by atoms with Crippen molar-refractivity contribution < 1.29 is 9.66 Å². The maximum Gasteiger partial charge on any atom is 0.273 e. The van der Waals surface area contributed by atoms with Gasteiger partial charge in [0.15, 0.2) is 0 Å². The summed E-state index contributed by atoms with van der Waals surface area (Å²) in [5.41, 5.74) is 6.39. The average Bonchev–Trinajstić information content (AvgIpc) is 2.40. The summed E-state index contributed by atoms with van der Waals surface area (Å²) in [6, 6.07) is 9.14. The standard InChI is InChI=1S/C14H12ClN3O3/c1-8-5-6-9(18(19)20)7-12(8)21-11-4-2-3-10(15)13(11)14(16)17/h2-7H,1H3,(H3,16,17). The van der Waals surface area contributed by atoms with Crippen molar-refractivity contribution in [2.75, 3.05) is 0 Å². The van der Waals surface area contributed by atoms with E-state index in [0.717, 1.165) is 5.56 Å². The second kappa shape index (κ2) is 5.80. The molecule has 2 rings (SSSR count). The molecule has 0 aliphatic heterocycles. The SMILES string of the molecule is Cc1ccc([N+](=O)[O-])cc1Oc1cccc(Cl)c1C(=N)N. The van der Waals surface area contributed by atoms with Crippen molar-refractivity contribution in [2.45, 2.75) is 6.92 Å². The Morgan fingerprint density at radius 1 is 1.33 bits per heavy atom. The van der Waals surface area contributed by atoms with E-state index in [1.54, 1.807) is 31.2 Å². The normalized spacial score (nSPS) is 10.2. The van der Waals surface area contributed by atoms with Gasteiger partial charge in [-0.2, -0.15) is 0 Å². The molecule has 0 radical (unpaired) electrons. The highest BCUT2D eigenvalue weighted by molar-refractivity contribution is 6.34. The van der Waals surface area contributed by atoms with Gasteiger partial charge in [-0.3, -0.25) is 15.5 Å². The third-order valence-corrected chi connectivity index (χ3v) is 3.16. The Morgan fingerprint density at radius 2 is 2.05 bits per heavy atom. The molecule has 6 nitrogen and oxygen atoms in total. The molecule has 21 heavy (non-hydrogen) atoms. The minimum absolute atomic E-state index is 0.0815. The lowest BCUT2D eigenvalue weighted by molar-refractivity contribution is -0.384. The van der Waals surface area contributed by atoms with Crippen LogP contribution in [0.2, 0.25) is 5.02 Å². The Hall–Kier alpha value is -2.60. The summed E-state index contributed by atoms with van der Waals surface area (Å²) in [7, 11) is 0. The number of amidine groups is 1. The molecule has 0 aromatic heterocycles. The van der Waals surface area contributed by atoms with Crippen LogP contribution in [0.1, 0.15) is 11.1 Å². The number of nitrogens with one attached hydrogen (secondary N) is 1. The van der Waals surface area contributed by atoms with Crippen LogP contribution in [0, 0.1) is 22.4 Å². The van der Waals surface area contributed by atoms with Crippen LogP contribution in [0.4, 0.5) is 5.69 Å². The van der Waals surface area contributed by atoms with Crippen LogP contribution in [0.3, 0.4) is 0 Å². The van der Waals surface area contributed by atoms with Crippen molar-refractivity contribution in [3.05, 3.63) is 62.7 Å². The highest BCUT2D eigenvalue weighted by Gasteiger charge is 2.15. The van der Waals surface area contributed by atoms with Gasteiger partial charge in [0, 0.05) is 6.07 Å². The van der Waals surface area contributed by atoms with E-state index < -0.39 is 4.92 Å². The number of ether oxygens (including phenoxy) is 1. The largest absolute Gasteiger partial charge is 0.456 e. The van der Waals surface area contributed by atoms with Crippen LogP contribution >= 0.6 is 11.6 Å². The zero-order chi connectivity index (χ0) is 15.6. The second-order valence-electron chi connectivity index (χ2n) is 4.34. The smallest absolute Gasteiger partial charge is 0.273 e. The van der Waals surface area contributed by atoms with E-state index in [9.17, 15) is 10.1 Å². The summed E-state index contributed by atoms with van der Waals surface area (Å²) < 4.78 is 5.66. The summed E-state index contributed by atoms with van der Waals surface area (Å²) in [5, 5.41) is 18.7. The van der Waals surface area contributed by atoms with Gasteiger partial charge in [0.1, 0.15) is 17.3 Å². The van der Waals surface area contributed by atoms with Crippen molar-refractivity contribution in [3.63, 3.8) is 0 Å². The highest BCUT2D eigenvalue weighted by atomic mass is 35.5. The van der Waals surface area contributed by atoms with Gasteiger partial charge in [-0.05, 0) is 30.7 Å². The number of rotatable bonds is 4. The summed E-state index contributed by atoms with van der Waals surface area (Å²) in [6.45, 7) is 1.76. The number of benzene rings is 2. The Bertz CT molecular complexity index is 731. The first-order chi connectivity index (χ1) is 9.90. The molecule has 2 aromatic rings. The Labute approximate surface area is 125 Å². The lowest BCUT2D eigenvalue weighted by atomic mass is 10.1. The quantitative estimate of drug-likeness (QED) is 0.389. The van der Waals surface area contributed by atoms with Crippen LogP contribution in [0.15, 0.2) is 36.4 Å². The molecule has 0 fully saturated rings. The van der Waals surface area contributed by atoms with Gasteiger partial charge in [0.2, 0.25) is 0 Å². The van der Waals surface area contributed by atoms with Gasteiger partial charge in [0.05, 0.1) is 21.6 Å². The summed E-state index contributed by atoms with van der Waals surface area (Å²) >= 11 is 6.00. The monoisotopic (exact) mass is 305 g/mol. The molecule has 0 saturated carbocycles. The van der Waals surface area contributed by atoms with E-state index in [0.29, 0.717) is 5.75 Å². The zero-order valence-electron chi connectivity index (χ0n) is 11.1. The first-order valence-corrected chi connectivity index (χ1v) is 6.33. The van der Waals surface area contributed by atoms with E-state index in [4.69, 9.17) is 27.5 Å². The second-order valence-corrected chi connectivity index (χ2v) is 4.74. The predicted molar refractivity (Wildman–Crippen MR) is 80.4 cm³/mol. The molecule has 0 spiro atoms. The highest BCUT2D eigenvalue weighted by Crippen LogP contribution is 2.33. The number of aryl methyl sites for hydroxylation is 1. The molecule has 0 aliphatic rings. The van der Waals surface area contributed by atoms with Gasteiger partial charge >= 0.3 is 0 Å². The summed E-state index contributed by atoms with van der Waals surface area (Å²) in [4.78, 5) is 10.3. The van der Waals surface area contributed by atoms with Crippen molar-refractivity contribution in [1.29, 1.82) is 5.41 Å². The number of non-ortho nitro benzene ring substituents is 1. The van der Waals surface area contributed by atoms with Crippen molar-refractivity contribution in [3.8, 4) is 11.5 Å². The Kier molecular flexibility index (Phi) is 4.09. The third kappa shape index (κ3) is 3.11. The Balaban J connectivity index is 2.48. The molecule has 7 heteroatoms. The lowest BCUT2D eigenvalue weighted by Crippen LogP contribution is -2.13. The van der Waals surface area contributed by atoms with E-state index in [1.807, 2.05) is 0 Å². The predicted octanol–water partition coefficient (Wildman–Crippen LogP) is 3.63. The fraction of sp³-hybridized carbons (Fsp3) is 0.0714. The number of nitro groups is 1. The molecule has 0 atom stereocenters. The van der Waals surface area contributed by atoms with Gasteiger partial charge < -0.3 is 10.5 Å². The summed E-state index contributed by atoms with van der Waals surface area (Å²) in [5.74, 6) is 0.353. The number of nitrogen functional groups attached to an aromatic ring is 1. The van der Waals surface area contributed by atoms with E-state index >= 15 is 0 Å². The van der Waals surface area contributed by atoms with Crippen LogP contribution in [0.5, 0.6) is 11.5 Å². The maximum absolute atomic E-state index is 10.8. The lowest BCUT2D eigenvalue weighted by Gasteiger charge is -2.13. The number of nitro benzene ring substituents is 1. The van der Waals surface area contributed by atoms with Crippen molar-refractivity contribution in [1.82, 2.24) is 0 Å². The third-order valence-electron chi connectivity index (χ3n) is 2.85. The number of halogens is 1. The average molecular weight is 306 g/mol. The van der Waals surface area contributed by atoms with E-state index in [2.05, 4.69) is 0 Å². The number of nitrogens with two attached hydrogens (primary N) is 1. The minimum Gasteiger partial charge on any atom is -0.456 e. The number of hydrogen-bond acceptors (Lipinski definition) is 4. The van der Waals surface area contributed by atoms with Crippen LogP contribution < -0.4 is 10.5 Å². The van der Waals surface area contributed by atoms with Crippen LogP contribution in [-0.4, -0.2) is 10.8 Å². The topological polar surface area (TPSA) is 102 Å². The molecule has 0 heterocycles. The first kappa shape index (κ1) is 14.8. The molecule has 0 unspecified atom stereocenters. The zero-order valence-corrected chi connectivity index (χ0v) is 11.8. The molecule has 0 amide bonds. The van der Waals surface area contributed by atoms with Gasteiger partial charge in [-0.15, -0.1) is 0 Å². The van der Waals surface area contributed by atoms with Crippen molar-refractivity contribution >= 4 is 23.1 Å². The molecular weight excluding hydrogens is 294 g/mol. The molecule has 0 bridgehead atoms. The fourth-order valence-electron chi connectivity index (χ4n) is 1.78. The van der Waals surface area contributed by atoms with E-state index in [1.165, 1.54) is 12.1 Å². The first-order valence-electron chi connectivity index (χ1n) is 5.96. The number of nitrogens with zero attached hydrogens (tertiary/aromatic N) is 1. The molecule has 108 valence electrons. The van der Waals surface area contributed by atoms with E-state index in [-0.39, 0.29) is 27.9 Å². The van der Waals surface area contributed by atoms with Gasteiger partial charge in [-0.1, -0.05) is 17.7 Å². The van der Waals surface area contributed by atoms with Gasteiger partial charge in [0.25, 0.3) is 5.69 Å². The maximum atomic E-state index is 10.8. The van der Waals surface area contributed by atoms with Crippen LogP contribution in [0.25, 0.3) is 0 Å². The molecule has 0 aliphatic carbocycles. The van der Waals surface area contributed by atoms with Crippen LogP contribution in [-0.2, 0) is 0 Å². The number of hydrogen-bond donors (Lipinski definition) is 2. The summed E-state index contributed by atoms with van der Waals surface area (Å²) in [6.07, 6.45) is 0. The van der Waals surface area contributed by atoms with Crippen molar-refractivity contribution in [2.24, 2.45) is 5.73 Å². The molecular formula is C14H12ClN3O3. The van der Waals surface area contributed by atoms with Gasteiger partial charge in [-0.25, -0.2) is 0 Å². The molecule has 2 aromatic carbocycles.